The van der Waals surface area contributed by atoms with E-state index in [0.717, 1.165) is 11.4 Å². The van der Waals surface area contributed by atoms with Gasteiger partial charge in [0.15, 0.2) is 0 Å². The van der Waals surface area contributed by atoms with Crippen LogP contribution in [0.25, 0.3) is 0 Å². The first kappa shape index (κ1) is 14.4. The van der Waals surface area contributed by atoms with Crippen LogP contribution < -0.4 is 5.32 Å². The van der Waals surface area contributed by atoms with Crippen molar-refractivity contribution < 1.29 is 0 Å². The molecular weight excluding hydrogens is 274 g/mol. The topological polar surface area (TPSA) is 66.5 Å². The van der Waals surface area contributed by atoms with Crippen LogP contribution in [0.3, 0.4) is 0 Å². The van der Waals surface area contributed by atoms with Crippen LogP contribution in [0.1, 0.15) is 32.0 Å². The molecule has 6 heteroatoms. The standard InChI is InChI=1S/C14H16ClN5/c1-14(2,3)20-9-12(18-19-20)8-17-11-4-5-13(15)10(6-11)7-16/h4-6,9,17H,8H2,1-3H3. The van der Waals surface area contributed by atoms with Crippen LogP contribution in [0.15, 0.2) is 24.4 Å². The first-order valence-corrected chi connectivity index (χ1v) is 6.63. The molecule has 0 aliphatic rings. The summed E-state index contributed by atoms with van der Waals surface area (Å²) in [6.45, 7) is 6.74. The second-order valence-corrected chi connectivity index (χ2v) is 5.89. The number of hydrogen-bond donors (Lipinski definition) is 1. The van der Waals surface area contributed by atoms with E-state index in [2.05, 4.69) is 42.5 Å². The van der Waals surface area contributed by atoms with E-state index in [1.165, 1.54) is 0 Å². The molecule has 0 unspecified atom stereocenters. The van der Waals surface area contributed by atoms with Gasteiger partial charge in [-0.3, -0.25) is 0 Å². The zero-order chi connectivity index (χ0) is 14.8. The lowest BCUT2D eigenvalue weighted by Crippen LogP contribution is -2.22. The average Bonchev–Trinajstić information content (AvgIpc) is 2.86. The number of rotatable bonds is 3. The summed E-state index contributed by atoms with van der Waals surface area (Å²) >= 11 is 5.89. The molecule has 0 aliphatic carbocycles. The lowest BCUT2D eigenvalue weighted by molar-refractivity contribution is 0.347. The van der Waals surface area contributed by atoms with Gasteiger partial charge in [-0.05, 0) is 39.0 Å². The average molecular weight is 290 g/mol. The van der Waals surface area contributed by atoms with Gasteiger partial charge < -0.3 is 5.32 Å². The molecule has 0 bridgehead atoms. The number of nitriles is 1. The molecule has 2 rings (SSSR count). The van der Waals surface area contributed by atoms with Crippen molar-refractivity contribution in [2.75, 3.05) is 5.32 Å². The summed E-state index contributed by atoms with van der Waals surface area (Å²) in [6.07, 6.45) is 1.91. The molecular formula is C14H16ClN5. The molecule has 0 saturated carbocycles. The highest BCUT2D eigenvalue weighted by Crippen LogP contribution is 2.20. The number of anilines is 1. The van der Waals surface area contributed by atoms with E-state index in [1.807, 2.05) is 16.9 Å². The summed E-state index contributed by atoms with van der Waals surface area (Å²) < 4.78 is 1.83. The predicted molar refractivity (Wildman–Crippen MR) is 78.5 cm³/mol. The Morgan fingerprint density at radius 2 is 2.15 bits per heavy atom. The summed E-state index contributed by atoms with van der Waals surface area (Å²) in [5.74, 6) is 0. The summed E-state index contributed by atoms with van der Waals surface area (Å²) in [5.41, 5.74) is 2.04. The van der Waals surface area contributed by atoms with Gasteiger partial charge in [0.05, 0.1) is 28.9 Å². The van der Waals surface area contributed by atoms with Crippen molar-refractivity contribution in [1.82, 2.24) is 15.0 Å². The highest BCUT2D eigenvalue weighted by atomic mass is 35.5. The molecule has 0 amide bonds. The molecule has 0 aliphatic heterocycles. The van der Waals surface area contributed by atoms with Gasteiger partial charge in [-0.25, -0.2) is 4.68 Å². The van der Waals surface area contributed by atoms with Crippen molar-refractivity contribution in [2.24, 2.45) is 0 Å². The molecule has 2 aromatic rings. The molecule has 20 heavy (non-hydrogen) atoms. The van der Waals surface area contributed by atoms with Gasteiger partial charge in [0.25, 0.3) is 0 Å². The van der Waals surface area contributed by atoms with Gasteiger partial charge in [-0.1, -0.05) is 16.8 Å². The van der Waals surface area contributed by atoms with E-state index in [-0.39, 0.29) is 5.54 Å². The first-order valence-electron chi connectivity index (χ1n) is 6.25. The maximum Gasteiger partial charge on any atom is 0.102 e. The zero-order valence-electron chi connectivity index (χ0n) is 11.7. The van der Waals surface area contributed by atoms with Crippen molar-refractivity contribution in [3.8, 4) is 6.07 Å². The van der Waals surface area contributed by atoms with Gasteiger partial charge in [-0.15, -0.1) is 5.10 Å². The molecule has 0 spiro atoms. The number of benzene rings is 1. The SMILES string of the molecule is CC(C)(C)n1cc(CNc2ccc(Cl)c(C#N)c2)nn1. The van der Waals surface area contributed by atoms with E-state index >= 15 is 0 Å². The first-order chi connectivity index (χ1) is 9.40. The molecule has 1 aromatic carbocycles. The Kier molecular flexibility index (Phi) is 3.96. The number of nitrogens with one attached hydrogen (secondary N) is 1. The maximum absolute atomic E-state index is 8.93. The minimum Gasteiger partial charge on any atom is -0.379 e. The van der Waals surface area contributed by atoms with Crippen LogP contribution in [0.5, 0.6) is 0 Å². The molecule has 0 saturated heterocycles. The minimum atomic E-state index is -0.0838. The van der Waals surface area contributed by atoms with Gasteiger partial charge in [-0.2, -0.15) is 5.26 Å². The van der Waals surface area contributed by atoms with Gasteiger partial charge >= 0.3 is 0 Å². The van der Waals surface area contributed by atoms with E-state index in [1.54, 1.807) is 12.1 Å². The number of aromatic nitrogens is 3. The quantitative estimate of drug-likeness (QED) is 0.942. The van der Waals surface area contributed by atoms with Crippen LogP contribution in [-0.4, -0.2) is 15.0 Å². The Balaban J connectivity index is 2.06. The van der Waals surface area contributed by atoms with Gasteiger partial charge in [0.2, 0.25) is 0 Å². The summed E-state index contributed by atoms with van der Waals surface area (Å²) in [5, 5.41) is 20.8. The largest absolute Gasteiger partial charge is 0.379 e. The fourth-order valence-electron chi connectivity index (χ4n) is 1.62. The Hall–Kier alpha value is -2.06. The third kappa shape index (κ3) is 3.28. The smallest absolute Gasteiger partial charge is 0.102 e. The Bertz CT molecular complexity index is 648. The fourth-order valence-corrected chi connectivity index (χ4v) is 1.78. The molecule has 0 atom stereocenters. The Morgan fingerprint density at radius 1 is 1.40 bits per heavy atom. The summed E-state index contributed by atoms with van der Waals surface area (Å²) in [6, 6.07) is 7.31. The zero-order valence-corrected chi connectivity index (χ0v) is 12.4. The summed E-state index contributed by atoms with van der Waals surface area (Å²) in [4.78, 5) is 0. The molecule has 0 fully saturated rings. The van der Waals surface area contributed by atoms with Crippen molar-refractivity contribution in [1.29, 1.82) is 5.26 Å². The van der Waals surface area contributed by atoms with E-state index in [9.17, 15) is 0 Å². The van der Waals surface area contributed by atoms with Crippen LogP contribution in [0.4, 0.5) is 5.69 Å². The molecule has 5 nitrogen and oxygen atoms in total. The molecule has 1 aromatic heterocycles. The third-order valence-corrected chi connectivity index (χ3v) is 3.12. The van der Waals surface area contributed by atoms with E-state index in [4.69, 9.17) is 16.9 Å². The monoisotopic (exact) mass is 289 g/mol. The van der Waals surface area contributed by atoms with Gasteiger partial charge in [0.1, 0.15) is 11.8 Å². The second-order valence-electron chi connectivity index (χ2n) is 5.49. The number of nitrogens with zero attached hydrogens (tertiary/aromatic N) is 4. The van der Waals surface area contributed by atoms with Crippen LogP contribution in [0, 0.1) is 11.3 Å². The lowest BCUT2D eigenvalue weighted by atomic mass is 10.1. The van der Waals surface area contributed by atoms with Crippen LogP contribution in [-0.2, 0) is 12.1 Å². The Labute approximate surface area is 123 Å². The highest BCUT2D eigenvalue weighted by molar-refractivity contribution is 6.31. The maximum atomic E-state index is 8.93. The van der Waals surface area contributed by atoms with Crippen LogP contribution in [0.2, 0.25) is 5.02 Å². The molecule has 0 radical (unpaired) electrons. The Morgan fingerprint density at radius 3 is 2.75 bits per heavy atom. The van der Waals surface area contributed by atoms with E-state index in [0.29, 0.717) is 17.1 Å². The third-order valence-electron chi connectivity index (χ3n) is 2.79. The van der Waals surface area contributed by atoms with Gasteiger partial charge in [0, 0.05) is 5.69 Å². The van der Waals surface area contributed by atoms with E-state index < -0.39 is 0 Å². The lowest BCUT2D eigenvalue weighted by Gasteiger charge is -2.17. The summed E-state index contributed by atoms with van der Waals surface area (Å²) in [7, 11) is 0. The highest BCUT2D eigenvalue weighted by Gasteiger charge is 2.14. The minimum absolute atomic E-state index is 0.0838. The fraction of sp³-hybridized carbons (Fsp3) is 0.357. The van der Waals surface area contributed by atoms with Crippen molar-refractivity contribution in [3.05, 3.63) is 40.7 Å². The molecule has 1 N–H and O–H groups in total. The normalized spacial score (nSPS) is 11.2. The molecule has 1 heterocycles. The number of hydrogen-bond acceptors (Lipinski definition) is 4. The van der Waals surface area contributed by atoms with Crippen molar-refractivity contribution in [3.63, 3.8) is 0 Å². The molecule has 104 valence electrons. The number of halogens is 1. The second kappa shape index (κ2) is 5.51. The predicted octanol–water partition coefficient (Wildman–Crippen LogP) is 3.17. The van der Waals surface area contributed by atoms with Crippen molar-refractivity contribution in [2.45, 2.75) is 32.9 Å². The van der Waals surface area contributed by atoms with Crippen LogP contribution >= 0.6 is 11.6 Å². The van der Waals surface area contributed by atoms with Crippen molar-refractivity contribution >= 4 is 17.3 Å².